The van der Waals surface area contributed by atoms with E-state index in [0.29, 0.717) is 17.1 Å². The van der Waals surface area contributed by atoms with Crippen molar-refractivity contribution in [2.45, 2.75) is 39.2 Å². The molecule has 1 aromatic rings. The zero-order valence-electron chi connectivity index (χ0n) is 12.5. The van der Waals surface area contributed by atoms with Crippen LogP contribution in [0.5, 0.6) is 5.75 Å². The first kappa shape index (κ1) is 15.1. The van der Waals surface area contributed by atoms with Crippen molar-refractivity contribution in [3.05, 3.63) is 24.3 Å². The number of rotatable bonds is 3. The summed E-state index contributed by atoms with van der Waals surface area (Å²) in [5, 5.41) is 7.40. The van der Waals surface area contributed by atoms with Gasteiger partial charge in [-0.1, -0.05) is 32.8 Å². The summed E-state index contributed by atoms with van der Waals surface area (Å²) in [6.07, 6.45) is 3.81. The fourth-order valence-corrected chi connectivity index (χ4v) is 3.09. The third kappa shape index (κ3) is 3.85. The highest BCUT2D eigenvalue weighted by Crippen LogP contribution is 2.29. The van der Waals surface area contributed by atoms with E-state index < -0.39 is 0 Å². The summed E-state index contributed by atoms with van der Waals surface area (Å²) in [7, 11) is 1.67. The van der Waals surface area contributed by atoms with Crippen LogP contribution in [0.3, 0.4) is 0 Å². The van der Waals surface area contributed by atoms with Gasteiger partial charge in [-0.3, -0.25) is 0 Å². The van der Waals surface area contributed by atoms with E-state index in [0.717, 1.165) is 17.4 Å². The topological polar surface area (TPSA) is 33.3 Å². The maximum absolute atomic E-state index is 5.42. The summed E-state index contributed by atoms with van der Waals surface area (Å²) in [6.45, 7) is 4.65. The standard InChI is InChI=1S/C16H24N2OS/c1-11-6-4-9-15(12(11)2)18-16(20)17-13-7-5-8-14(10-13)19-3/h5,7-8,10-12,15H,4,6,9H2,1-3H3,(H2,17,18,20)/t11-,12+,15+/m0/s1. The Kier molecular flexibility index (Phi) is 5.24. The summed E-state index contributed by atoms with van der Waals surface area (Å²) in [4.78, 5) is 0. The fraction of sp³-hybridized carbons (Fsp3) is 0.562. The predicted octanol–water partition coefficient (Wildman–Crippen LogP) is 3.81. The monoisotopic (exact) mass is 292 g/mol. The summed E-state index contributed by atoms with van der Waals surface area (Å²) in [6, 6.07) is 8.29. The minimum absolute atomic E-state index is 0.476. The zero-order chi connectivity index (χ0) is 14.5. The molecule has 2 rings (SSSR count). The Labute approximate surface area is 127 Å². The number of nitrogens with one attached hydrogen (secondary N) is 2. The molecule has 3 nitrogen and oxygen atoms in total. The summed E-state index contributed by atoms with van der Waals surface area (Å²) in [5.74, 6) is 2.26. The van der Waals surface area contributed by atoms with Gasteiger partial charge in [0.05, 0.1) is 7.11 Å². The van der Waals surface area contributed by atoms with Crippen LogP contribution < -0.4 is 15.4 Å². The van der Waals surface area contributed by atoms with Crippen molar-refractivity contribution >= 4 is 23.0 Å². The number of ether oxygens (including phenoxy) is 1. The lowest BCUT2D eigenvalue weighted by molar-refractivity contribution is 0.225. The van der Waals surface area contributed by atoms with Crippen molar-refractivity contribution in [2.24, 2.45) is 11.8 Å². The molecule has 0 bridgehead atoms. The van der Waals surface area contributed by atoms with E-state index in [-0.39, 0.29) is 0 Å². The second-order valence-electron chi connectivity index (χ2n) is 5.70. The lowest BCUT2D eigenvalue weighted by Gasteiger charge is -2.35. The Morgan fingerprint density at radius 3 is 2.85 bits per heavy atom. The van der Waals surface area contributed by atoms with Crippen LogP contribution in [-0.4, -0.2) is 18.3 Å². The largest absolute Gasteiger partial charge is 0.497 e. The van der Waals surface area contributed by atoms with Gasteiger partial charge in [-0.05, 0) is 42.6 Å². The van der Waals surface area contributed by atoms with Gasteiger partial charge in [-0.15, -0.1) is 0 Å². The molecule has 110 valence electrons. The molecule has 0 heterocycles. The molecule has 20 heavy (non-hydrogen) atoms. The molecule has 0 unspecified atom stereocenters. The molecule has 1 aliphatic carbocycles. The van der Waals surface area contributed by atoms with Gasteiger partial charge in [-0.2, -0.15) is 0 Å². The van der Waals surface area contributed by atoms with E-state index in [4.69, 9.17) is 17.0 Å². The number of hydrogen-bond donors (Lipinski definition) is 2. The van der Waals surface area contributed by atoms with Crippen LogP contribution in [-0.2, 0) is 0 Å². The molecule has 1 aromatic carbocycles. The summed E-state index contributed by atoms with van der Waals surface area (Å²) >= 11 is 5.42. The Hall–Kier alpha value is -1.29. The van der Waals surface area contributed by atoms with Crippen molar-refractivity contribution in [1.82, 2.24) is 5.32 Å². The molecule has 3 atom stereocenters. The molecule has 1 saturated carbocycles. The fourth-order valence-electron chi connectivity index (χ4n) is 2.82. The molecule has 0 amide bonds. The van der Waals surface area contributed by atoms with Gasteiger partial charge in [0.15, 0.2) is 5.11 Å². The summed E-state index contributed by atoms with van der Waals surface area (Å²) in [5.41, 5.74) is 0.957. The molecular formula is C16H24N2OS. The molecule has 1 fully saturated rings. The average Bonchev–Trinajstić information content (AvgIpc) is 2.44. The zero-order valence-corrected chi connectivity index (χ0v) is 13.3. The van der Waals surface area contributed by atoms with E-state index >= 15 is 0 Å². The lowest BCUT2D eigenvalue weighted by Crippen LogP contribution is -2.45. The van der Waals surface area contributed by atoms with Gasteiger partial charge < -0.3 is 15.4 Å². The molecule has 4 heteroatoms. The number of thiocarbonyl (C=S) groups is 1. The number of anilines is 1. The van der Waals surface area contributed by atoms with E-state index in [1.54, 1.807) is 7.11 Å². The minimum Gasteiger partial charge on any atom is -0.497 e. The highest BCUT2D eigenvalue weighted by molar-refractivity contribution is 7.80. The van der Waals surface area contributed by atoms with E-state index in [9.17, 15) is 0 Å². The molecule has 0 aromatic heterocycles. The van der Waals surface area contributed by atoms with Gasteiger partial charge >= 0.3 is 0 Å². The molecule has 0 saturated heterocycles. The third-order valence-corrected chi connectivity index (χ3v) is 4.57. The normalized spacial score (nSPS) is 25.9. The average molecular weight is 292 g/mol. The lowest BCUT2D eigenvalue weighted by atomic mass is 9.78. The van der Waals surface area contributed by atoms with Crippen molar-refractivity contribution in [2.75, 3.05) is 12.4 Å². The van der Waals surface area contributed by atoms with Crippen LogP contribution in [0.2, 0.25) is 0 Å². The van der Waals surface area contributed by atoms with E-state index in [1.807, 2.05) is 24.3 Å². The molecule has 1 aliphatic rings. The Balaban J connectivity index is 1.91. The number of methoxy groups -OCH3 is 1. The minimum atomic E-state index is 0.476. The van der Waals surface area contributed by atoms with Crippen LogP contribution in [0.1, 0.15) is 33.1 Å². The van der Waals surface area contributed by atoms with E-state index in [2.05, 4.69) is 24.5 Å². The molecule has 0 aliphatic heterocycles. The SMILES string of the molecule is COc1cccc(NC(=S)N[C@@H]2CCC[C@H](C)[C@H]2C)c1. The molecule has 0 spiro atoms. The maximum atomic E-state index is 5.42. The smallest absolute Gasteiger partial charge is 0.171 e. The first-order valence-corrected chi connectivity index (χ1v) is 7.72. The van der Waals surface area contributed by atoms with Crippen LogP contribution in [0, 0.1) is 11.8 Å². The van der Waals surface area contributed by atoms with Crippen molar-refractivity contribution in [3.8, 4) is 5.75 Å². The summed E-state index contributed by atoms with van der Waals surface area (Å²) < 4.78 is 5.21. The van der Waals surface area contributed by atoms with Crippen molar-refractivity contribution in [1.29, 1.82) is 0 Å². The van der Waals surface area contributed by atoms with Gasteiger partial charge in [0, 0.05) is 17.8 Å². The highest BCUT2D eigenvalue weighted by Gasteiger charge is 2.27. The van der Waals surface area contributed by atoms with Crippen LogP contribution >= 0.6 is 12.2 Å². The predicted molar refractivity (Wildman–Crippen MR) is 88.3 cm³/mol. The number of benzene rings is 1. The van der Waals surface area contributed by atoms with Gasteiger partial charge in [0.25, 0.3) is 0 Å². The van der Waals surface area contributed by atoms with Crippen molar-refractivity contribution < 1.29 is 4.74 Å². The second-order valence-corrected chi connectivity index (χ2v) is 6.11. The van der Waals surface area contributed by atoms with Gasteiger partial charge in [-0.25, -0.2) is 0 Å². The Morgan fingerprint density at radius 2 is 2.10 bits per heavy atom. The van der Waals surface area contributed by atoms with E-state index in [1.165, 1.54) is 19.3 Å². The quantitative estimate of drug-likeness (QED) is 0.830. The molecule has 0 radical (unpaired) electrons. The molecule has 2 N–H and O–H groups in total. The third-order valence-electron chi connectivity index (χ3n) is 4.35. The second kappa shape index (κ2) is 6.93. The molecular weight excluding hydrogens is 268 g/mol. The Morgan fingerprint density at radius 1 is 1.30 bits per heavy atom. The van der Waals surface area contributed by atoms with Crippen LogP contribution in [0.4, 0.5) is 5.69 Å². The first-order valence-electron chi connectivity index (χ1n) is 7.31. The van der Waals surface area contributed by atoms with Crippen LogP contribution in [0.15, 0.2) is 24.3 Å². The number of hydrogen-bond acceptors (Lipinski definition) is 2. The van der Waals surface area contributed by atoms with Gasteiger partial charge in [0.1, 0.15) is 5.75 Å². The van der Waals surface area contributed by atoms with Gasteiger partial charge in [0.2, 0.25) is 0 Å². The maximum Gasteiger partial charge on any atom is 0.171 e. The van der Waals surface area contributed by atoms with Crippen molar-refractivity contribution in [3.63, 3.8) is 0 Å². The first-order chi connectivity index (χ1) is 9.60. The van der Waals surface area contributed by atoms with Crippen LogP contribution in [0.25, 0.3) is 0 Å². The highest BCUT2D eigenvalue weighted by atomic mass is 32.1. The Bertz CT molecular complexity index is 464.